The van der Waals surface area contributed by atoms with Gasteiger partial charge in [-0.25, -0.2) is 4.39 Å². The molecular formula is C13H15FN2O. The van der Waals surface area contributed by atoms with E-state index in [2.05, 4.69) is 4.98 Å². The summed E-state index contributed by atoms with van der Waals surface area (Å²) in [5, 5.41) is 0.715. The fourth-order valence-electron chi connectivity index (χ4n) is 1.73. The van der Waals surface area contributed by atoms with Gasteiger partial charge in [0.1, 0.15) is 0 Å². The lowest BCUT2D eigenvalue weighted by molar-refractivity contribution is 0.387. The SMILES string of the molecule is COc1cc2c(N)cc(C(C)C)nc2cc1F. The Balaban J connectivity index is 2.73. The van der Waals surface area contributed by atoms with Crippen molar-refractivity contribution in [2.45, 2.75) is 19.8 Å². The van der Waals surface area contributed by atoms with Gasteiger partial charge in [-0.1, -0.05) is 13.8 Å². The lowest BCUT2D eigenvalue weighted by atomic mass is 10.1. The van der Waals surface area contributed by atoms with Gasteiger partial charge in [0.05, 0.1) is 12.6 Å². The zero-order valence-electron chi connectivity index (χ0n) is 10.1. The number of anilines is 1. The number of fused-ring (bicyclic) bond motifs is 1. The molecule has 0 bridgehead atoms. The number of nitrogens with two attached hydrogens (primary N) is 1. The second-order valence-corrected chi connectivity index (χ2v) is 4.29. The second kappa shape index (κ2) is 4.20. The average molecular weight is 234 g/mol. The van der Waals surface area contributed by atoms with Crippen molar-refractivity contribution in [2.75, 3.05) is 12.8 Å². The van der Waals surface area contributed by atoms with Crippen molar-refractivity contribution >= 4 is 16.6 Å². The number of benzene rings is 1. The number of methoxy groups -OCH3 is 1. The van der Waals surface area contributed by atoms with Crippen LogP contribution in [0.15, 0.2) is 18.2 Å². The quantitative estimate of drug-likeness (QED) is 0.868. The van der Waals surface area contributed by atoms with Gasteiger partial charge in [-0.15, -0.1) is 0 Å². The Morgan fingerprint density at radius 2 is 2.00 bits per heavy atom. The fraction of sp³-hybridized carbons (Fsp3) is 0.308. The van der Waals surface area contributed by atoms with E-state index in [1.807, 2.05) is 19.9 Å². The first kappa shape index (κ1) is 11.6. The molecule has 2 N–H and O–H groups in total. The normalized spacial score (nSPS) is 11.1. The van der Waals surface area contributed by atoms with E-state index in [1.54, 1.807) is 6.07 Å². The lowest BCUT2D eigenvalue weighted by Gasteiger charge is -2.10. The molecule has 0 fully saturated rings. The molecule has 0 saturated heterocycles. The van der Waals surface area contributed by atoms with Gasteiger partial charge in [0.25, 0.3) is 0 Å². The van der Waals surface area contributed by atoms with E-state index in [-0.39, 0.29) is 11.7 Å². The van der Waals surface area contributed by atoms with Crippen LogP contribution in [0, 0.1) is 5.82 Å². The van der Waals surface area contributed by atoms with Gasteiger partial charge in [0.15, 0.2) is 11.6 Å². The van der Waals surface area contributed by atoms with Crippen LogP contribution in [-0.2, 0) is 0 Å². The van der Waals surface area contributed by atoms with Gasteiger partial charge in [0.2, 0.25) is 0 Å². The highest BCUT2D eigenvalue weighted by atomic mass is 19.1. The number of pyridine rings is 1. The van der Waals surface area contributed by atoms with Gasteiger partial charge in [-0.3, -0.25) is 4.98 Å². The minimum atomic E-state index is -0.423. The molecule has 2 rings (SSSR count). The van der Waals surface area contributed by atoms with Crippen molar-refractivity contribution in [1.29, 1.82) is 0 Å². The summed E-state index contributed by atoms with van der Waals surface area (Å²) >= 11 is 0. The third-order valence-electron chi connectivity index (χ3n) is 2.73. The predicted molar refractivity (Wildman–Crippen MR) is 66.8 cm³/mol. The summed E-state index contributed by atoms with van der Waals surface area (Å²) in [6.45, 7) is 4.04. The molecule has 17 heavy (non-hydrogen) atoms. The number of ether oxygens (including phenoxy) is 1. The van der Waals surface area contributed by atoms with Crippen LogP contribution >= 0.6 is 0 Å². The van der Waals surface area contributed by atoms with Crippen LogP contribution in [0.3, 0.4) is 0 Å². The highest BCUT2D eigenvalue weighted by molar-refractivity contribution is 5.91. The van der Waals surface area contributed by atoms with E-state index in [0.29, 0.717) is 16.6 Å². The van der Waals surface area contributed by atoms with Crippen molar-refractivity contribution in [2.24, 2.45) is 0 Å². The highest BCUT2D eigenvalue weighted by Crippen LogP contribution is 2.29. The molecule has 0 aliphatic heterocycles. The molecule has 4 heteroatoms. The van der Waals surface area contributed by atoms with E-state index in [0.717, 1.165) is 5.69 Å². The Morgan fingerprint density at radius 1 is 1.29 bits per heavy atom. The summed E-state index contributed by atoms with van der Waals surface area (Å²) in [5.74, 6) is 0.0166. The summed E-state index contributed by atoms with van der Waals surface area (Å²) in [4.78, 5) is 4.40. The van der Waals surface area contributed by atoms with Crippen LogP contribution in [0.4, 0.5) is 10.1 Å². The minimum Gasteiger partial charge on any atom is -0.494 e. The van der Waals surface area contributed by atoms with Crippen LogP contribution in [-0.4, -0.2) is 12.1 Å². The molecule has 0 unspecified atom stereocenters. The average Bonchev–Trinajstić information content (AvgIpc) is 2.27. The van der Waals surface area contributed by atoms with E-state index in [1.165, 1.54) is 13.2 Å². The number of rotatable bonds is 2. The summed E-state index contributed by atoms with van der Waals surface area (Å²) < 4.78 is 18.5. The topological polar surface area (TPSA) is 48.1 Å². The Labute approximate surface area is 99.4 Å². The van der Waals surface area contributed by atoms with Crippen molar-refractivity contribution in [3.63, 3.8) is 0 Å². The van der Waals surface area contributed by atoms with Crippen LogP contribution in [0.2, 0.25) is 0 Å². The number of hydrogen-bond acceptors (Lipinski definition) is 3. The first-order chi connectivity index (χ1) is 8.02. The standard InChI is InChI=1S/C13H15FN2O/c1-7(2)11-6-10(15)8-4-13(17-3)9(14)5-12(8)16-11/h4-7H,1-3H3,(H2,15,16). The first-order valence-electron chi connectivity index (χ1n) is 5.46. The van der Waals surface area contributed by atoms with Gasteiger partial charge in [-0.05, 0) is 18.1 Å². The van der Waals surface area contributed by atoms with Gasteiger partial charge in [0, 0.05) is 22.8 Å². The van der Waals surface area contributed by atoms with Crippen molar-refractivity contribution in [3.8, 4) is 5.75 Å². The Hall–Kier alpha value is -1.84. The van der Waals surface area contributed by atoms with Crippen LogP contribution in [0.1, 0.15) is 25.5 Å². The molecule has 0 aliphatic rings. The maximum atomic E-state index is 13.6. The Bertz CT molecular complexity index is 567. The lowest BCUT2D eigenvalue weighted by Crippen LogP contribution is -1.99. The highest BCUT2D eigenvalue weighted by Gasteiger charge is 2.11. The smallest absolute Gasteiger partial charge is 0.167 e. The Kier molecular flexibility index (Phi) is 2.88. The number of hydrogen-bond donors (Lipinski definition) is 1. The minimum absolute atomic E-state index is 0.184. The van der Waals surface area contributed by atoms with Crippen molar-refractivity contribution in [3.05, 3.63) is 29.7 Å². The largest absolute Gasteiger partial charge is 0.494 e. The zero-order valence-corrected chi connectivity index (χ0v) is 10.1. The van der Waals surface area contributed by atoms with Crippen LogP contribution in [0.25, 0.3) is 10.9 Å². The molecule has 0 spiro atoms. The molecule has 1 aromatic carbocycles. The molecule has 0 amide bonds. The van der Waals surface area contributed by atoms with Gasteiger partial charge in [-0.2, -0.15) is 0 Å². The number of halogens is 1. The molecule has 0 saturated carbocycles. The van der Waals surface area contributed by atoms with E-state index < -0.39 is 5.82 Å². The third kappa shape index (κ3) is 2.02. The maximum Gasteiger partial charge on any atom is 0.167 e. The van der Waals surface area contributed by atoms with E-state index in [4.69, 9.17) is 10.5 Å². The van der Waals surface area contributed by atoms with Crippen molar-refractivity contribution < 1.29 is 9.13 Å². The molecule has 90 valence electrons. The molecule has 0 atom stereocenters. The fourth-order valence-corrected chi connectivity index (χ4v) is 1.73. The third-order valence-corrected chi connectivity index (χ3v) is 2.73. The Morgan fingerprint density at radius 3 is 2.59 bits per heavy atom. The monoisotopic (exact) mass is 234 g/mol. The molecular weight excluding hydrogens is 219 g/mol. The van der Waals surface area contributed by atoms with Crippen LogP contribution < -0.4 is 10.5 Å². The predicted octanol–water partition coefficient (Wildman–Crippen LogP) is 3.09. The molecule has 1 aromatic heterocycles. The number of nitrogen functional groups attached to an aromatic ring is 1. The van der Waals surface area contributed by atoms with Crippen LogP contribution in [0.5, 0.6) is 5.75 Å². The van der Waals surface area contributed by atoms with Crippen molar-refractivity contribution in [1.82, 2.24) is 4.98 Å². The van der Waals surface area contributed by atoms with E-state index in [9.17, 15) is 4.39 Å². The molecule has 2 aromatic rings. The van der Waals surface area contributed by atoms with Gasteiger partial charge < -0.3 is 10.5 Å². The molecule has 1 heterocycles. The second-order valence-electron chi connectivity index (χ2n) is 4.29. The summed E-state index contributed by atoms with van der Waals surface area (Å²) in [5.41, 5.74) is 7.97. The number of aromatic nitrogens is 1. The molecule has 3 nitrogen and oxygen atoms in total. The number of nitrogens with zero attached hydrogens (tertiary/aromatic N) is 1. The van der Waals surface area contributed by atoms with E-state index >= 15 is 0 Å². The summed E-state index contributed by atoms with van der Waals surface area (Å²) in [6.07, 6.45) is 0. The summed E-state index contributed by atoms with van der Waals surface area (Å²) in [6, 6.07) is 4.76. The summed E-state index contributed by atoms with van der Waals surface area (Å²) in [7, 11) is 1.43. The molecule has 0 aliphatic carbocycles. The maximum absolute atomic E-state index is 13.6. The first-order valence-corrected chi connectivity index (χ1v) is 5.46. The molecule has 0 radical (unpaired) electrons. The zero-order chi connectivity index (χ0) is 12.6. The van der Waals surface area contributed by atoms with Gasteiger partial charge >= 0.3 is 0 Å².